The van der Waals surface area contributed by atoms with Crippen molar-refractivity contribution in [2.75, 3.05) is 11.6 Å². The monoisotopic (exact) mass is 411 g/mol. The molecular formula is C10H11ClIN5O3. The molecule has 1 saturated heterocycles. The second-order valence-corrected chi connectivity index (χ2v) is 5.68. The van der Waals surface area contributed by atoms with Gasteiger partial charge in [0.25, 0.3) is 0 Å². The molecule has 4 atom stereocenters. The lowest BCUT2D eigenvalue weighted by atomic mass is 10.1. The van der Waals surface area contributed by atoms with Crippen LogP contribution >= 0.6 is 34.2 Å². The van der Waals surface area contributed by atoms with Crippen LogP contribution in [0.3, 0.4) is 0 Å². The number of nitrogen functional groups attached to an aromatic ring is 1. The van der Waals surface area contributed by atoms with Crippen molar-refractivity contribution in [3.63, 3.8) is 0 Å². The number of aromatic nitrogens is 4. The Morgan fingerprint density at radius 2 is 2.15 bits per heavy atom. The normalized spacial score (nSPS) is 30.2. The van der Waals surface area contributed by atoms with E-state index in [0.717, 1.165) is 0 Å². The van der Waals surface area contributed by atoms with Gasteiger partial charge in [0.15, 0.2) is 21.5 Å². The summed E-state index contributed by atoms with van der Waals surface area (Å²) < 4.78 is 7.53. The summed E-state index contributed by atoms with van der Waals surface area (Å²) in [5.74, 6) is 0.329. The predicted octanol–water partition coefficient (Wildman–Crippen LogP) is -0.129. The Balaban J connectivity index is 2.07. The number of hydrogen-bond donors (Lipinski definition) is 3. The number of fused-ring (bicyclic) bond motifs is 1. The number of ether oxygens (including phenoxy) is 1. The van der Waals surface area contributed by atoms with Gasteiger partial charge in [0.1, 0.15) is 23.8 Å². The van der Waals surface area contributed by atoms with Crippen molar-refractivity contribution in [1.29, 1.82) is 0 Å². The van der Waals surface area contributed by atoms with E-state index in [0.29, 0.717) is 15.0 Å². The summed E-state index contributed by atoms with van der Waals surface area (Å²) in [5.41, 5.74) is 6.64. The molecule has 108 valence electrons. The van der Waals surface area contributed by atoms with Crippen LogP contribution in [0.25, 0.3) is 11.2 Å². The molecule has 0 amide bonds. The van der Waals surface area contributed by atoms with Gasteiger partial charge in [-0.2, -0.15) is 0 Å². The first-order valence-corrected chi connectivity index (χ1v) is 7.37. The zero-order chi connectivity index (χ0) is 14.4. The van der Waals surface area contributed by atoms with Crippen LogP contribution in [0.2, 0.25) is 0 Å². The molecule has 20 heavy (non-hydrogen) atoms. The second kappa shape index (κ2) is 5.22. The Bertz CT molecular complexity index is 653. The lowest BCUT2D eigenvalue weighted by Crippen LogP contribution is -2.32. The number of aliphatic hydroxyl groups is 2. The number of alkyl halides is 1. The maximum Gasteiger partial charge on any atom is 0.194 e. The average molecular weight is 412 g/mol. The van der Waals surface area contributed by atoms with E-state index >= 15 is 0 Å². The molecule has 1 fully saturated rings. The van der Waals surface area contributed by atoms with Gasteiger partial charge in [-0.25, -0.2) is 15.0 Å². The van der Waals surface area contributed by atoms with E-state index in [-0.39, 0.29) is 11.7 Å². The Morgan fingerprint density at radius 3 is 2.80 bits per heavy atom. The third kappa shape index (κ3) is 2.13. The van der Waals surface area contributed by atoms with E-state index in [1.54, 1.807) is 0 Å². The molecule has 0 spiro atoms. The number of aliphatic hydroxyl groups excluding tert-OH is 2. The van der Waals surface area contributed by atoms with E-state index in [9.17, 15) is 10.2 Å². The van der Waals surface area contributed by atoms with Gasteiger partial charge < -0.3 is 20.7 Å². The van der Waals surface area contributed by atoms with Crippen LogP contribution in [-0.4, -0.2) is 53.9 Å². The Kier molecular flexibility index (Phi) is 3.71. The van der Waals surface area contributed by atoms with Crippen molar-refractivity contribution in [3.05, 3.63) is 10.2 Å². The molecule has 1 aliphatic rings. The maximum absolute atomic E-state index is 10.1. The SMILES string of the molecule is Nc1nc(I)nc2c1ncn2[C@@H]1O[C@H](CCl)C(O)C1O. The number of hydrogen-bond acceptors (Lipinski definition) is 7. The van der Waals surface area contributed by atoms with Gasteiger partial charge in [0.2, 0.25) is 0 Å². The summed E-state index contributed by atoms with van der Waals surface area (Å²) in [5, 5.41) is 19.9. The fraction of sp³-hybridized carbons (Fsp3) is 0.500. The van der Waals surface area contributed by atoms with Crippen LogP contribution in [0, 0.1) is 3.83 Å². The molecule has 0 aliphatic carbocycles. The van der Waals surface area contributed by atoms with Gasteiger partial charge in [-0.1, -0.05) is 0 Å². The summed E-state index contributed by atoms with van der Waals surface area (Å²) in [6.07, 6.45) is -2.20. The summed E-state index contributed by atoms with van der Waals surface area (Å²) in [4.78, 5) is 12.4. The highest BCUT2D eigenvalue weighted by Crippen LogP contribution is 2.32. The lowest BCUT2D eigenvalue weighted by Gasteiger charge is -2.16. The van der Waals surface area contributed by atoms with Crippen LogP contribution in [0.15, 0.2) is 6.33 Å². The third-order valence-electron chi connectivity index (χ3n) is 3.18. The van der Waals surface area contributed by atoms with Crippen LogP contribution in [-0.2, 0) is 4.74 Å². The van der Waals surface area contributed by atoms with Crippen LogP contribution in [0.1, 0.15) is 6.23 Å². The largest absolute Gasteiger partial charge is 0.387 e. The first-order valence-electron chi connectivity index (χ1n) is 5.76. The molecule has 0 bridgehead atoms. The van der Waals surface area contributed by atoms with Gasteiger partial charge >= 0.3 is 0 Å². The second-order valence-electron chi connectivity index (χ2n) is 4.40. The van der Waals surface area contributed by atoms with Crippen molar-refractivity contribution in [1.82, 2.24) is 19.5 Å². The Morgan fingerprint density at radius 1 is 1.40 bits per heavy atom. The van der Waals surface area contributed by atoms with Gasteiger partial charge in [-0.3, -0.25) is 4.57 Å². The molecule has 2 aromatic heterocycles. The average Bonchev–Trinajstić information content (AvgIpc) is 2.93. The van der Waals surface area contributed by atoms with E-state index in [4.69, 9.17) is 22.1 Å². The Hall–Kier alpha value is -0.750. The number of nitrogens with zero attached hydrogens (tertiary/aromatic N) is 4. The standard InChI is InChI=1S/C10H11ClIN5O3/c11-1-3-5(18)6(19)9(20-3)17-2-14-4-7(13)15-10(12)16-8(4)17/h2-3,5-6,9,18-19H,1H2,(H2,13,15,16)/t3-,5?,6?,9-/m1/s1. The van der Waals surface area contributed by atoms with E-state index in [2.05, 4.69) is 15.0 Å². The molecule has 8 nitrogen and oxygen atoms in total. The zero-order valence-electron chi connectivity index (χ0n) is 10.0. The van der Waals surface area contributed by atoms with E-state index in [1.807, 2.05) is 22.6 Å². The van der Waals surface area contributed by atoms with Crippen molar-refractivity contribution in [2.45, 2.75) is 24.5 Å². The van der Waals surface area contributed by atoms with Crippen molar-refractivity contribution in [3.8, 4) is 0 Å². The summed E-state index contributed by atoms with van der Waals surface area (Å²) in [6, 6.07) is 0. The molecule has 3 heterocycles. The van der Waals surface area contributed by atoms with Crippen LogP contribution in [0.4, 0.5) is 5.82 Å². The fourth-order valence-corrected chi connectivity index (χ4v) is 2.93. The molecule has 1 aliphatic heterocycles. The summed E-state index contributed by atoms with van der Waals surface area (Å²) in [6.45, 7) is 0. The number of imidazole rings is 1. The number of anilines is 1. The molecule has 0 radical (unpaired) electrons. The van der Waals surface area contributed by atoms with Crippen LogP contribution < -0.4 is 5.73 Å². The van der Waals surface area contributed by atoms with E-state index in [1.165, 1.54) is 10.9 Å². The minimum atomic E-state index is -1.12. The van der Waals surface area contributed by atoms with Crippen molar-refractivity contribution < 1.29 is 14.9 Å². The van der Waals surface area contributed by atoms with E-state index < -0.39 is 24.5 Å². The summed E-state index contributed by atoms with van der Waals surface area (Å²) >= 11 is 7.63. The fourth-order valence-electron chi connectivity index (χ4n) is 2.18. The molecule has 2 unspecified atom stereocenters. The molecular weight excluding hydrogens is 400 g/mol. The van der Waals surface area contributed by atoms with Crippen LogP contribution in [0.5, 0.6) is 0 Å². The molecule has 3 rings (SSSR count). The van der Waals surface area contributed by atoms with Gasteiger partial charge in [0, 0.05) is 22.6 Å². The maximum atomic E-state index is 10.1. The van der Waals surface area contributed by atoms with Crippen molar-refractivity contribution >= 4 is 51.2 Å². The number of nitrogens with two attached hydrogens (primary N) is 1. The first-order chi connectivity index (χ1) is 9.52. The van der Waals surface area contributed by atoms with Crippen molar-refractivity contribution in [2.24, 2.45) is 0 Å². The Labute approximate surface area is 132 Å². The lowest BCUT2D eigenvalue weighted by molar-refractivity contribution is -0.0291. The highest BCUT2D eigenvalue weighted by atomic mass is 127. The van der Waals surface area contributed by atoms with Gasteiger partial charge in [-0.15, -0.1) is 11.6 Å². The summed E-state index contributed by atoms with van der Waals surface area (Å²) in [7, 11) is 0. The smallest absolute Gasteiger partial charge is 0.194 e. The molecule has 0 saturated carbocycles. The van der Waals surface area contributed by atoms with Gasteiger partial charge in [0.05, 0.1) is 12.2 Å². The minimum absolute atomic E-state index is 0.0794. The highest BCUT2D eigenvalue weighted by Gasteiger charge is 2.43. The number of rotatable bonds is 2. The molecule has 2 aromatic rings. The van der Waals surface area contributed by atoms with Gasteiger partial charge in [-0.05, 0) is 0 Å². The number of halogens is 2. The first kappa shape index (κ1) is 14.2. The third-order valence-corrected chi connectivity index (χ3v) is 3.97. The minimum Gasteiger partial charge on any atom is -0.387 e. The predicted molar refractivity (Wildman–Crippen MR) is 79.1 cm³/mol. The highest BCUT2D eigenvalue weighted by molar-refractivity contribution is 14.1. The molecule has 4 N–H and O–H groups in total. The topological polar surface area (TPSA) is 119 Å². The molecule has 10 heteroatoms. The molecule has 0 aromatic carbocycles. The zero-order valence-corrected chi connectivity index (χ0v) is 12.9. The quantitative estimate of drug-likeness (QED) is 0.358.